The molecular weight excluding hydrogens is 317 g/mol. The first-order valence-corrected chi connectivity index (χ1v) is 6.65. The number of nitrogens with one attached hydrogen (secondary N) is 1. The van der Waals surface area contributed by atoms with E-state index in [1.54, 1.807) is 30.3 Å². The van der Waals surface area contributed by atoms with Gasteiger partial charge in [-0.25, -0.2) is 0 Å². The molecule has 0 aliphatic rings. The smallest absolute Gasteiger partial charge is 0.323 e. The Morgan fingerprint density at radius 2 is 1.77 bits per heavy atom. The first kappa shape index (κ1) is 16.3. The number of anilines is 1. The fourth-order valence-corrected chi connectivity index (χ4v) is 1.98. The lowest BCUT2D eigenvalue weighted by atomic mass is 10.1. The molecule has 2 rings (SSSR count). The van der Waals surface area contributed by atoms with E-state index in [0.29, 0.717) is 5.56 Å². The van der Waals surface area contributed by atoms with Gasteiger partial charge in [-0.1, -0.05) is 41.9 Å². The molecule has 0 aliphatic heterocycles. The van der Waals surface area contributed by atoms with Crippen LogP contribution in [0.3, 0.4) is 0 Å². The summed E-state index contributed by atoms with van der Waals surface area (Å²) < 4.78 is 38.0. The normalized spacial score (nSPS) is 12.8. The third kappa shape index (κ3) is 3.78. The Kier molecular flexibility index (Phi) is 4.73. The lowest BCUT2D eigenvalue weighted by molar-refractivity contribution is -0.137. The summed E-state index contributed by atoms with van der Waals surface area (Å²) in [6, 6.07) is 10.2. The second kappa shape index (κ2) is 6.37. The van der Waals surface area contributed by atoms with E-state index in [4.69, 9.17) is 17.3 Å². The number of rotatable bonds is 3. The standard InChI is InChI=1S/C15H12ClF3N2O/c16-11-7-6-10(15(17,18)19)8-12(11)21-14(22)13(20)9-4-2-1-3-5-9/h1-8,13H,20H2,(H,21,22)/t13-/m0/s1. The maximum atomic E-state index is 12.7. The molecule has 22 heavy (non-hydrogen) atoms. The van der Waals surface area contributed by atoms with Crippen molar-refractivity contribution >= 4 is 23.2 Å². The van der Waals surface area contributed by atoms with Crippen LogP contribution < -0.4 is 11.1 Å². The number of hydrogen-bond acceptors (Lipinski definition) is 2. The Morgan fingerprint density at radius 1 is 1.14 bits per heavy atom. The zero-order valence-electron chi connectivity index (χ0n) is 11.2. The lowest BCUT2D eigenvalue weighted by Crippen LogP contribution is -2.27. The maximum absolute atomic E-state index is 12.7. The van der Waals surface area contributed by atoms with Crippen molar-refractivity contribution in [2.24, 2.45) is 5.73 Å². The summed E-state index contributed by atoms with van der Waals surface area (Å²) in [5.74, 6) is -0.646. The minimum absolute atomic E-state index is 0.00149. The largest absolute Gasteiger partial charge is 0.416 e. The molecule has 3 nitrogen and oxygen atoms in total. The molecule has 0 saturated heterocycles. The second-order valence-corrected chi connectivity index (χ2v) is 4.98. The van der Waals surface area contributed by atoms with Gasteiger partial charge >= 0.3 is 6.18 Å². The monoisotopic (exact) mass is 328 g/mol. The number of benzene rings is 2. The topological polar surface area (TPSA) is 55.1 Å². The van der Waals surface area contributed by atoms with Gasteiger partial charge in [0.1, 0.15) is 6.04 Å². The van der Waals surface area contributed by atoms with Crippen LogP contribution in [-0.2, 0) is 11.0 Å². The molecule has 1 atom stereocenters. The molecule has 0 saturated carbocycles. The van der Waals surface area contributed by atoms with Gasteiger partial charge in [-0.15, -0.1) is 0 Å². The summed E-state index contributed by atoms with van der Waals surface area (Å²) in [6.07, 6.45) is -4.52. The molecule has 0 aromatic heterocycles. The van der Waals surface area contributed by atoms with Gasteiger partial charge in [0.05, 0.1) is 16.3 Å². The molecule has 7 heteroatoms. The van der Waals surface area contributed by atoms with Crippen LogP contribution in [0.1, 0.15) is 17.2 Å². The number of nitrogens with two attached hydrogens (primary N) is 1. The molecule has 116 valence electrons. The van der Waals surface area contributed by atoms with Crippen LogP contribution in [0.2, 0.25) is 5.02 Å². The van der Waals surface area contributed by atoms with E-state index in [1.165, 1.54) is 0 Å². The zero-order valence-corrected chi connectivity index (χ0v) is 11.9. The van der Waals surface area contributed by atoms with Gasteiger partial charge in [-0.05, 0) is 23.8 Å². The first-order valence-electron chi connectivity index (χ1n) is 6.27. The fraction of sp³-hybridized carbons (Fsp3) is 0.133. The molecule has 0 aliphatic carbocycles. The average molecular weight is 329 g/mol. The fourth-order valence-electron chi connectivity index (χ4n) is 1.82. The highest BCUT2D eigenvalue weighted by Crippen LogP contribution is 2.34. The number of carbonyl (C=O) groups excluding carboxylic acids is 1. The third-order valence-corrected chi connectivity index (χ3v) is 3.32. The molecule has 0 fully saturated rings. The van der Waals surface area contributed by atoms with Gasteiger partial charge in [-0.2, -0.15) is 13.2 Å². The molecule has 2 aromatic carbocycles. The van der Waals surface area contributed by atoms with Gasteiger partial charge in [-0.3, -0.25) is 4.79 Å². The van der Waals surface area contributed by atoms with Crippen LogP contribution in [0.15, 0.2) is 48.5 Å². The highest BCUT2D eigenvalue weighted by atomic mass is 35.5. The molecule has 0 radical (unpaired) electrons. The molecule has 0 spiro atoms. The highest BCUT2D eigenvalue weighted by molar-refractivity contribution is 6.33. The number of carbonyl (C=O) groups is 1. The van der Waals surface area contributed by atoms with Crippen LogP contribution in [0, 0.1) is 0 Å². The predicted molar refractivity (Wildman–Crippen MR) is 78.5 cm³/mol. The van der Waals surface area contributed by atoms with Crippen molar-refractivity contribution in [2.75, 3.05) is 5.32 Å². The van der Waals surface area contributed by atoms with E-state index in [2.05, 4.69) is 5.32 Å². The minimum atomic E-state index is -4.52. The zero-order chi connectivity index (χ0) is 16.3. The Hall–Kier alpha value is -2.05. The molecule has 3 N–H and O–H groups in total. The summed E-state index contributed by atoms with van der Waals surface area (Å²) in [4.78, 5) is 12.1. The van der Waals surface area contributed by atoms with Crippen molar-refractivity contribution in [3.63, 3.8) is 0 Å². The van der Waals surface area contributed by atoms with Crippen LogP contribution in [0.4, 0.5) is 18.9 Å². The SMILES string of the molecule is N[C@H](C(=O)Nc1cc(C(F)(F)F)ccc1Cl)c1ccccc1. The lowest BCUT2D eigenvalue weighted by Gasteiger charge is -2.15. The molecule has 2 aromatic rings. The predicted octanol–water partition coefficient (Wildman–Crippen LogP) is 4.00. The van der Waals surface area contributed by atoms with Crippen LogP contribution in [0.25, 0.3) is 0 Å². The molecule has 0 bridgehead atoms. The van der Waals surface area contributed by atoms with Crippen LogP contribution >= 0.6 is 11.6 Å². The van der Waals surface area contributed by atoms with E-state index in [0.717, 1.165) is 18.2 Å². The van der Waals surface area contributed by atoms with Crippen LogP contribution in [0.5, 0.6) is 0 Å². The molecule has 0 heterocycles. The van der Waals surface area contributed by atoms with Gasteiger partial charge < -0.3 is 11.1 Å². The van der Waals surface area contributed by atoms with Crippen molar-refractivity contribution < 1.29 is 18.0 Å². The quantitative estimate of drug-likeness (QED) is 0.895. The maximum Gasteiger partial charge on any atom is 0.416 e. The van der Waals surface area contributed by atoms with Gasteiger partial charge in [0.15, 0.2) is 0 Å². The Morgan fingerprint density at radius 3 is 2.36 bits per heavy atom. The average Bonchev–Trinajstić information content (AvgIpc) is 2.48. The van der Waals surface area contributed by atoms with Crippen LogP contribution in [-0.4, -0.2) is 5.91 Å². The van der Waals surface area contributed by atoms with Crippen molar-refractivity contribution in [3.8, 4) is 0 Å². The van der Waals surface area contributed by atoms with E-state index in [1.807, 2.05) is 0 Å². The summed E-state index contributed by atoms with van der Waals surface area (Å²) in [6.45, 7) is 0. The van der Waals surface area contributed by atoms with Crippen molar-refractivity contribution in [1.82, 2.24) is 0 Å². The van der Waals surface area contributed by atoms with E-state index in [-0.39, 0.29) is 10.7 Å². The number of alkyl halides is 3. The Bertz CT molecular complexity index is 674. The van der Waals surface area contributed by atoms with Gasteiger partial charge in [0, 0.05) is 0 Å². The first-order chi connectivity index (χ1) is 10.3. The number of halogens is 4. The summed E-state index contributed by atoms with van der Waals surface area (Å²) >= 11 is 5.82. The van der Waals surface area contributed by atoms with E-state index < -0.39 is 23.7 Å². The van der Waals surface area contributed by atoms with Gasteiger partial charge in [0.25, 0.3) is 0 Å². The van der Waals surface area contributed by atoms with Crippen molar-refractivity contribution in [2.45, 2.75) is 12.2 Å². The summed E-state index contributed by atoms with van der Waals surface area (Å²) in [5, 5.41) is 2.33. The third-order valence-electron chi connectivity index (χ3n) is 2.99. The Labute approximate surface area is 129 Å². The molecule has 1 amide bonds. The highest BCUT2D eigenvalue weighted by Gasteiger charge is 2.31. The second-order valence-electron chi connectivity index (χ2n) is 4.57. The van der Waals surface area contributed by atoms with Crippen molar-refractivity contribution in [3.05, 3.63) is 64.7 Å². The number of hydrogen-bond donors (Lipinski definition) is 2. The summed E-state index contributed by atoms with van der Waals surface area (Å²) in [7, 11) is 0. The molecular formula is C15H12ClF3N2O. The van der Waals surface area contributed by atoms with E-state index in [9.17, 15) is 18.0 Å². The minimum Gasteiger partial charge on any atom is -0.323 e. The summed E-state index contributed by atoms with van der Waals surface area (Å²) in [5.41, 5.74) is 5.29. The Balaban J connectivity index is 2.21. The van der Waals surface area contributed by atoms with Crippen molar-refractivity contribution in [1.29, 1.82) is 0 Å². The van der Waals surface area contributed by atoms with E-state index >= 15 is 0 Å². The number of amides is 1. The van der Waals surface area contributed by atoms with Gasteiger partial charge in [0.2, 0.25) is 5.91 Å². The molecule has 0 unspecified atom stereocenters.